The summed E-state index contributed by atoms with van der Waals surface area (Å²) in [6.07, 6.45) is 0.748. The Labute approximate surface area is 143 Å². The molecule has 4 heteroatoms. The lowest BCUT2D eigenvalue weighted by atomic mass is 9.95. The number of carbonyl (C=O) groups is 1. The summed E-state index contributed by atoms with van der Waals surface area (Å²) in [7, 11) is 3.25. The Morgan fingerprint density at radius 2 is 1.79 bits per heavy atom. The molecule has 1 amide bonds. The zero-order valence-corrected chi connectivity index (χ0v) is 14.7. The van der Waals surface area contributed by atoms with Crippen molar-refractivity contribution in [3.63, 3.8) is 0 Å². The fraction of sp³-hybridized carbons (Fsp3) is 0.350. The van der Waals surface area contributed by atoms with Gasteiger partial charge in [-0.25, -0.2) is 0 Å². The third-order valence-corrected chi connectivity index (χ3v) is 4.19. The van der Waals surface area contributed by atoms with Gasteiger partial charge in [0.1, 0.15) is 11.5 Å². The predicted octanol–water partition coefficient (Wildman–Crippen LogP) is 4.07. The van der Waals surface area contributed by atoms with Crippen molar-refractivity contribution in [2.45, 2.75) is 32.2 Å². The third-order valence-electron chi connectivity index (χ3n) is 4.19. The van der Waals surface area contributed by atoms with Crippen molar-refractivity contribution in [3.8, 4) is 11.5 Å². The van der Waals surface area contributed by atoms with E-state index in [-0.39, 0.29) is 17.9 Å². The average molecular weight is 327 g/mol. The van der Waals surface area contributed by atoms with Gasteiger partial charge in [-0.1, -0.05) is 37.3 Å². The van der Waals surface area contributed by atoms with E-state index in [2.05, 4.69) is 5.32 Å². The van der Waals surface area contributed by atoms with Crippen molar-refractivity contribution in [2.24, 2.45) is 0 Å². The molecule has 0 bridgehead atoms. The SMILES string of the molecule is CC[C@@H](C(=O)N[C@H](C)c1cc(OC)ccc1OC)c1ccccc1. The van der Waals surface area contributed by atoms with Crippen LogP contribution in [0, 0.1) is 0 Å². The maximum absolute atomic E-state index is 12.7. The number of methoxy groups -OCH3 is 2. The summed E-state index contributed by atoms with van der Waals surface area (Å²) in [5.41, 5.74) is 1.93. The lowest BCUT2D eigenvalue weighted by molar-refractivity contribution is -0.123. The fourth-order valence-electron chi connectivity index (χ4n) is 2.83. The van der Waals surface area contributed by atoms with E-state index in [0.29, 0.717) is 0 Å². The summed E-state index contributed by atoms with van der Waals surface area (Å²) < 4.78 is 10.7. The van der Waals surface area contributed by atoms with Crippen molar-refractivity contribution in [1.82, 2.24) is 5.32 Å². The summed E-state index contributed by atoms with van der Waals surface area (Å²) in [5.74, 6) is 1.32. The summed E-state index contributed by atoms with van der Waals surface area (Å²) in [6.45, 7) is 3.97. The van der Waals surface area contributed by atoms with Crippen molar-refractivity contribution in [2.75, 3.05) is 14.2 Å². The molecular weight excluding hydrogens is 302 g/mol. The van der Waals surface area contributed by atoms with Crippen LogP contribution in [0.2, 0.25) is 0 Å². The standard InChI is InChI=1S/C20H25NO3/c1-5-17(15-9-7-6-8-10-15)20(22)21-14(2)18-13-16(23-3)11-12-19(18)24-4/h6-14,17H,5H2,1-4H3,(H,21,22)/t14-,17-/m1/s1. The van der Waals surface area contributed by atoms with Crippen LogP contribution >= 0.6 is 0 Å². The molecule has 0 radical (unpaired) electrons. The molecular formula is C20H25NO3. The number of rotatable bonds is 7. The molecule has 0 saturated heterocycles. The molecule has 2 atom stereocenters. The molecule has 24 heavy (non-hydrogen) atoms. The van der Waals surface area contributed by atoms with Gasteiger partial charge in [0.15, 0.2) is 0 Å². The number of hydrogen-bond acceptors (Lipinski definition) is 3. The Bertz CT molecular complexity index is 670. The molecule has 128 valence electrons. The van der Waals surface area contributed by atoms with Crippen molar-refractivity contribution in [1.29, 1.82) is 0 Å². The number of ether oxygens (including phenoxy) is 2. The van der Waals surface area contributed by atoms with Crippen LogP contribution in [0.1, 0.15) is 43.4 Å². The number of amides is 1. The molecule has 0 spiro atoms. The zero-order chi connectivity index (χ0) is 17.5. The molecule has 1 N–H and O–H groups in total. The highest BCUT2D eigenvalue weighted by Gasteiger charge is 2.22. The Morgan fingerprint density at radius 1 is 1.08 bits per heavy atom. The maximum atomic E-state index is 12.7. The van der Waals surface area contributed by atoms with Crippen LogP contribution in [0.15, 0.2) is 48.5 Å². The molecule has 0 fully saturated rings. The molecule has 0 unspecified atom stereocenters. The van der Waals surface area contributed by atoms with Crippen LogP contribution in [0.4, 0.5) is 0 Å². The van der Waals surface area contributed by atoms with E-state index >= 15 is 0 Å². The van der Waals surface area contributed by atoms with E-state index in [1.54, 1.807) is 14.2 Å². The monoisotopic (exact) mass is 327 g/mol. The highest BCUT2D eigenvalue weighted by atomic mass is 16.5. The summed E-state index contributed by atoms with van der Waals surface area (Å²) in [6, 6.07) is 15.3. The average Bonchev–Trinajstić information content (AvgIpc) is 2.62. The van der Waals surface area contributed by atoms with E-state index in [9.17, 15) is 4.79 Å². The first-order valence-electron chi connectivity index (χ1n) is 8.17. The van der Waals surface area contributed by atoms with Crippen LogP contribution in [-0.4, -0.2) is 20.1 Å². The summed E-state index contributed by atoms with van der Waals surface area (Å²) in [5, 5.41) is 3.10. The Morgan fingerprint density at radius 3 is 2.38 bits per heavy atom. The van der Waals surface area contributed by atoms with Crippen LogP contribution < -0.4 is 14.8 Å². The smallest absolute Gasteiger partial charge is 0.228 e. The second-order valence-corrected chi connectivity index (χ2v) is 5.71. The second-order valence-electron chi connectivity index (χ2n) is 5.71. The molecule has 2 aromatic rings. The van der Waals surface area contributed by atoms with E-state index < -0.39 is 0 Å². The van der Waals surface area contributed by atoms with Crippen molar-refractivity contribution >= 4 is 5.91 Å². The molecule has 0 saturated carbocycles. The summed E-state index contributed by atoms with van der Waals surface area (Å²) in [4.78, 5) is 12.7. The van der Waals surface area contributed by atoms with Gasteiger partial charge < -0.3 is 14.8 Å². The van der Waals surface area contributed by atoms with Gasteiger partial charge in [0.25, 0.3) is 0 Å². The van der Waals surface area contributed by atoms with Gasteiger partial charge in [-0.15, -0.1) is 0 Å². The Hall–Kier alpha value is -2.49. The molecule has 4 nitrogen and oxygen atoms in total. The van der Waals surface area contributed by atoms with Gasteiger partial charge in [-0.3, -0.25) is 4.79 Å². The minimum absolute atomic E-state index is 0.0149. The second kappa shape index (κ2) is 8.39. The van der Waals surface area contributed by atoms with E-state index in [4.69, 9.17) is 9.47 Å². The number of nitrogens with one attached hydrogen (secondary N) is 1. The number of hydrogen-bond donors (Lipinski definition) is 1. The van der Waals surface area contributed by atoms with Gasteiger partial charge in [-0.05, 0) is 37.1 Å². The maximum Gasteiger partial charge on any atom is 0.228 e. The van der Waals surface area contributed by atoms with E-state index in [1.807, 2.05) is 62.4 Å². The van der Waals surface area contributed by atoms with Crippen molar-refractivity contribution in [3.05, 3.63) is 59.7 Å². The van der Waals surface area contributed by atoms with E-state index in [0.717, 1.165) is 29.0 Å². The first kappa shape index (κ1) is 17.9. The highest BCUT2D eigenvalue weighted by Crippen LogP contribution is 2.30. The fourth-order valence-corrected chi connectivity index (χ4v) is 2.83. The zero-order valence-electron chi connectivity index (χ0n) is 14.7. The lowest BCUT2D eigenvalue weighted by Crippen LogP contribution is -2.31. The van der Waals surface area contributed by atoms with Crippen LogP contribution in [0.3, 0.4) is 0 Å². The van der Waals surface area contributed by atoms with Crippen LogP contribution in [-0.2, 0) is 4.79 Å². The summed E-state index contributed by atoms with van der Waals surface area (Å²) >= 11 is 0. The number of carbonyl (C=O) groups excluding carboxylic acids is 1. The molecule has 0 aliphatic heterocycles. The van der Waals surface area contributed by atoms with Crippen molar-refractivity contribution < 1.29 is 14.3 Å². The molecule has 2 rings (SSSR count). The Balaban J connectivity index is 2.19. The van der Waals surface area contributed by atoms with Crippen LogP contribution in [0.25, 0.3) is 0 Å². The highest BCUT2D eigenvalue weighted by molar-refractivity contribution is 5.84. The minimum Gasteiger partial charge on any atom is -0.497 e. The molecule has 0 aliphatic carbocycles. The molecule has 0 aliphatic rings. The first-order chi connectivity index (χ1) is 11.6. The number of benzene rings is 2. The first-order valence-corrected chi connectivity index (χ1v) is 8.17. The topological polar surface area (TPSA) is 47.6 Å². The predicted molar refractivity (Wildman–Crippen MR) is 95.6 cm³/mol. The minimum atomic E-state index is -0.180. The van der Waals surface area contributed by atoms with Gasteiger partial charge in [-0.2, -0.15) is 0 Å². The largest absolute Gasteiger partial charge is 0.497 e. The Kier molecular flexibility index (Phi) is 6.24. The molecule has 2 aromatic carbocycles. The third kappa shape index (κ3) is 4.07. The van der Waals surface area contributed by atoms with Gasteiger partial charge in [0.2, 0.25) is 5.91 Å². The van der Waals surface area contributed by atoms with Gasteiger partial charge in [0.05, 0.1) is 26.2 Å². The van der Waals surface area contributed by atoms with Crippen LogP contribution in [0.5, 0.6) is 11.5 Å². The normalized spacial score (nSPS) is 13.0. The van der Waals surface area contributed by atoms with Gasteiger partial charge in [0, 0.05) is 5.56 Å². The lowest BCUT2D eigenvalue weighted by Gasteiger charge is -2.22. The molecule has 0 aromatic heterocycles. The molecule has 0 heterocycles. The quantitative estimate of drug-likeness (QED) is 0.834. The van der Waals surface area contributed by atoms with E-state index in [1.165, 1.54) is 0 Å². The van der Waals surface area contributed by atoms with Gasteiger partial charge >= 0.3 is 0 Å².